The molecule has 0 saturated heterocycles. The Labute approximate surface area is 126 Å². The molecule has 0 aromatic heterocycles. The maximum atomic E-state index is 9.01. The summed E-state index contributed by atoms with van der Waals surface area (Å²) < 4.78 is 6.31. The summed E-state index contributed by atoms with van der Waals surface area (Å²) in [4.78, 5) is 1.90. The fourth-order valence-electron chi connectivity index (χ4n) is 1.96. The fraction of sp³-hybridized carbons (Fsp3) is 0.133. The summed E-state index contributed by atoms with van der Waals surface area (Å²) in [6.07, 6.45) is 0. The third-order valence-electron chi connectivity index (χ3n) is 3.02. The molecule has 0 aliphatic carbocycles. The minimum absolute atomic E-state index is 0.565. The first-order chi connectivity index (χ1) is 9.56. The first kappa shape index (κ1) is 14.2. The maximum Gasteiger partial charge on any atom is 0.142 e. The SMILES string of the molecule is COc1ccc(Br)cc1N(C)c1cc(C#N)ccc1N. The molecular weight excluding hydrogens is 318 g/mol. The molecule has 102 valence electrons. The molecule has 0 heterocycles. The molecule has 0 radical (unpaired) electrons. The number of ether oxygens (including phenoxy) is 1. The van der Waals surface area contributed by atoms with Gasteiger partial charge >= 0.3 is 0 Å². The topological polar surface area (TPSA) is 62.3 Å². The number of anilines is 3. The molecular formula is C15H14BrN3O. The zero-order valence-electron chi connectivity index (χ0n) is 11.2. The van der Waals surface area contributed by atoms with E-state index >= 15 is 0 Å². The van der Waals surface area contributed by atoms with E-state index in [1.54, 1.807) is 25.3 Å². The number of rotatable bonds is 3. The van der Waals surface area contributed by atoms with E-state index in [-0.39, 0.29) is 0 Å². The van der Waals surface area contributed by atoms with E-state index in [1.807, 2.05) is 30.1 Å². The summed E-state index contributed by atoms with van der Waals surface area (Å²) in [6.45, 7) is 0. The van der Waals surface area contributed by atoms with Gasteiger partial charge in [-0.25, -0.2) is 0 Å². The van der Waals surface area contributed by atoms with E-state index in [1.165, 1.54) is 0 Å². The van der Waals surface area contributed by atoms with Crippen molar-refractivity contribution in [3.63, 3.8) is 0 Å². The summed E-state index contributed by atoms with van der Waals surface area (Å²) in [7, 11) is 3.51. The van der Waals surface area contributed by atoms with Crippen LogP contribution in [0.5, 0.6) is 5.75 Å². The number of nitrogens with two attached hydrogens (primary N) is 1. The van der Waals surface area contributed by atoms with Crippen molar-refractivity contribution in [3.8, 4) is 11.8 Å². The van der Waals surface area contributed by atoms with E-state index < -0.39 is 0 Å². The summed E-state index contributed by atoms with van der Waals surface area (Å²) in [6, 6.07) is 13.0. The Morgan fingerprint density at radius 2 is 1.95 bits per heavy atom. The number of nitrogens with zero attached hydrogens (tertiary/aromatic N) is 2. The summed E-state index contributed by atoms with van der Waals surface area (Å²) >= 11 is 3.45. The monoisotopic (exact) mass is 331 g/mol. The van der Waals surface area contributed by atoms with Crippen LogP contribution in [0.25, 0.3) is 0 Å². The molecule has 0 saturated carbocycles. The van der Waals surface area contributed by atoms with Crippen molar-refractivity contribution in [3.05, 3.63) is 46.4 Å². The van der Waals surface area contributed by atoms with E-state index in [4.69, 9.17) is 15.7 Å². The van der Waals surface area contributed by atoms with Crippen LogP contribution in [0.4, 0.5) is 17.1 Å². The molecule has 20 heavy (non-hydrogen) atoms. The molecule has 2 aromatic carbocycles. The fourth-order valence-corrected chi connectivity index (χ4v) is 2.31. The molecule has 2 N–H and O–H groups in total. The number of nitriles is 1. The van der Waals surface area contributed by atoms with Crippen LogP contribution in [0, 0.1) is 11.3 Å². The second kappa shape index (κ2) is 5.85. The lowest BCUT2D eigenvalue weighted by atomic mass is 10.1. The Morgan fingerprint density at radius 1 is 1.20 bits per heavy atom. The lowest BCUT2D eigenvalue weighted by molar-refractivity contribution is 0.415. The van der Waals surface area contributed by atoms with Gasteiger partial charge in [0.1, 0.15) is 5.75 Å². The molecule has 0 bridgehead atoms. The van der Waals surface area contributed by atoms with Crippen LogP contribution in [0.2, 0.25) is 0 Å². The lowest BCUT2D eigenvalue weighted by Crippen LogP contribution is -2.13. The second-order valence-electron chi connectivity index (χ2n) is 4.26. The van der Waals surface area contributed by atoms with Gasteiger partial charge in [-0.05, 0) is 36.4 Å². The zero-order valence-corrected chi connectivity index (χ0v) is 12.8. The smallest absolute Gasteiger partial charge is 0.142 e. The van der Waals surface area contributed by atoms with Gasteiger partial charge in [0.05, 0.1) is 35.8 Å². The van der Waals surface area contributed by atoms with E-state index in [2.05, 4.69) is 22.0 Å². The maximum absolute atomic E-state index is 9.01. The second-order valence-corrected chi connectivity index (χ2v) is 5.18. The highest BCUT2D eigenvalue weighted by Gasteiger charge is 2.13. The average molecular weight is 332 g/mol. The quantitative estimate of drug-likeness (QED) is 0.871. The minimum Gasteiger partial charge on any atom is -0.495 e. The first-order valence-electron chi connectivity index (χ1n) is 5.93. The van der Waals surface area contributed by atoms with Gasteiger partial charge in [-0.1, -0.05) is 15.9 Å². The Kier molecular flexibility index (Phi) is 4.16. The molecule has 2 aromatic rings. The molecule has 0 amide bonds. The van der Waals surface area contributed by atoms with E-state index in [9.17, 15) is 0 Å². The zero-order chi connectivity index (χ0) is 14.7. The predicted molar refractivity (Wildman–Crippen MR) is 84.3 cm³/mol. The van der Waals surface area contributed by atoms with Gasteiger partial charge in [-0.15, -0.1) is 0 Å². The van der Waals surface area contributed by atoms with Crippen LogP contribution < -0.4 is 15.4 Å². The number of hydrogen-bond donors (Lipinski definition) is 1. The molecule has 4 nitrogen and oxygen atoms in total. The molecule has 0 spiro atoms. The number of methoxy groups -OCH3 is 1. The van der Waals surface area contributed by atoms with Crippen LogP contribution >= 0.6 is 15.9 Å². The van der Waals surface area contributed by atoms with Crippen molar-refractivity contribution >= 4 is 33.0 Å². The summed E-state index contributed by atoms with van der Waals surface area (Å²) in [5.74, 6) is 0.734. The molecule has 0 fully saturated rings. The van der Waals surface area contributed by atoms with E-state index in [0.29, 0.717) is 11.3 Å². The normalized spacial score (nSPS) is 9.90. The Bertz CT molecular complexity index is 677. The average Bonchev–Trinajstić information content (AvgIpc) is 2.47. The van der Waals surface area contributed by atoms with Gasteiger partial charge in [0, 0.05) is 11.5 Å². The molecule has 0 atom stereocenters. The summed E-state index contributed by atoms with van der Waals surface area (Å²) in [5.41, 5.74) is 8.81. The lowest BCUT2D eigenvalue weighted by Gasteiger charge is -2.23. The van der Waals surface area contributed by atoms with Crippen molar-refractivity contribution in [1.82, 2.24) is 0 Å². The van der Waals surface area contributed by atoms with Crippen LogP contribution in [0.15, 0.2) is 40.9 Å². The van der Waals surface area contributed by atoms with Gasteiger partial charge in [0.25, 0.3) is 0 Å². The van der Waals surface area contributed by atoms with Crippen molar-refractivity contribution in [1.29, 1.82) is 5.26 Å². The van der Waals surface area contributed by atoms with Crippen LogP contribution in [-0.2, 0) is 0 Å². The number of halogens is 1. The molecule has 0 aliphatic heterocycles. The first-order valence-corrected chi connectivity index (χ1v) is 6.73. The highest BCUT2D eigenvalue weighted by molar-refractivity contribution is 9.10. The predicted octanol–water partition coefficient (Wildman–Crippen LogP) is 3.68. The molecule has 0 unspecified atom stereocenters. The van der Waals surface area contributed by atoms with Gasteiger partial charge in [-0.3, -0.25) is 0 Å². The largest absolute Gasteiger partial charge is 0.495 e. The molecule has 5 heteroatoms. The third kappa shape index (κ3) is 2.70. The highest BCUT2D eigenvalue weighted by atomic mass is 79.9. The van der Waals surface area contributed by atoms with E-state index in [0.717, 1.165) is 21.6 Å². The van der Waals surface area contributed by atoms with Crippen molar-refractivity contribution in [2.45, 2.75) is 0 Å². The van der Waals surface area contributed by atoms with Crippen molar-refractivity contribution in [2.24, 2.45) is 0 Å². The number of nitrogen functional groups attached to an aromatic ring is 1. The van der Waals surface area contributed by atoms with Crippen molar-refractivity contribution in [2.75, 3.05) is 24.8 Å². The van der Waals surface area contributed by atoms with Gasteiger partial charge in [-0.2, -0.15) is 5.26 Å². The van der Waals surface area contributed by atoms with Crippen LogP contribution in [-0.4, -0.2) is 14.2 Å². The number of hydrogen-bond acceptors (Lipinski definition) is 4. The van der Waals surface area contributed by atoms with Crippen LogP contribution in [0.1, 0.15) is 5.56 Å². The minimum atomic E-state index is 0.565. The Balaban J connectivity index is 2.54. The Morgan fingerprint density at radius 3 is 2.60 bits per heavy atom. The van der Waals surface area contributed by atoms with Gasteiger partial charge in [0.2, 0.25) is 0 Å². The number of benzene rings is 2. The molecule has 0 aliphatic rings. The third-order valence-corrected chi connectivity index (χ3v) is 3.52. The highest BCUT2D eigenvalue weighted by Crippen LogP contribution is 2.37. The Hall–Kier alpha value is -2.19. The van der Waals surface area contributed by atoms with Gasteiger partial charge < -0.3 is 15.4 Å². The summed E-state index contributed by atoms with van der Waals surface area (Å²) in [5, 5.41) is 9.01. The van der Waals surface area contributed by atoms with Crippen LogP contribution in [0.3, 0.4) is 0 Å². The standard InChI is InChI=1S/C15H14BrN3O/c1-19(13-7-10(9-17)3-5-12(13)18)14-8-11(16)4-6-15(14)20-2/h3-8H,18H2,1-2H3. The van der Waals surface area contributed by atoms with Gasteiger partial charge in [0.15, 0.2) is 0 Å². The van der Waals surface area contributed by atoms with Crippen molar-refractivity contribution < 1.29 is 4.74 Å². The molecule has 2 rings (SSSR count).